The topological polar surface area (TPSA) is 69.6 Å². The van der Waals surface area contributed by atoms with Gasteiger partial charge >= 0.3 is 0 Å². The molecule has 0 spiro atoms. The Hall–Kier alpha value is -1.81. The SMILES string of the molecule is COc1cccc(C(O)/C(C=O)=C/[O-])c1. The van der Waals surface area contributed by atoms with Crippen molar-refractivity contribution in [2.75, 3.05) is 7.11 Å². The summed E-state index contributed by atoms with van der Waals surface area (Å²) in [6.45, 7) is 0. The average Bonchev–Trinajstić information content (AvgIpc) is 2.30. The zero-order valence-electron chi connectivity index (χ0n) is 8.21. The van der Waals surface area contributed by atoms with Crippen LogP contribution in [0.25, 0.3) is 0 Å². The Morgan fingerprint density at radius 2 is 2.33 bits per heavy atom. The molecule has 0 aliphatic heterocycles. The molecule has 1 aromatic carbocycles. The predicted octanol–water partition coefficient (Wildman–Crippen LogP) is 0.172. The smallest absolute Gasteiger partial charge is 0.147 e. The third-order valence-electron chi connectivity index (χ3n) is 2.00. The van der Waals surface area contributed by atoms with Gasteiger partial charge < -0.3 is 14.9 Å². The molecule has 15 heavy (non-hydrogen) atoms. The standard InChI is InChI=1S/C11H12O4/c1-15-10-4-2-3-8(5-10)11(14)9(6-12)7-13/h2-7,11-12,14H,1H3/p-1/b9-6+. The van der Waals surface area contributed by atoms with E-state index in [2.05, 4.69) is 0 Å². The maximum absolute atomic E-state index is 10.4. The van der Waals surface area contributed by atoms with Crippen LogP contribution < -0.4 is 9.84 Å². The zero-order chi connectivity index (χ0) is 11.3. The molecule has 1 unspecified atom stereocenters. The van der Waals surface area contributed by atoms with Crippen molar-refractivity contribution in [1.29, 1.82) is 0 Å². The number of hydrogen-bond acceptors (Lipinski definition) is 4. The van der Waals surface area contributed by atoms with Gasteiger partial charge in [-0.3, -0.25) is 4.79 Å². The van der Waals surface area contributed by atoms with Crippen LogP contribution in [0.2, 0.25) is 0 Å². The average molecular weight is 207 g/mol. The van der Waals surface area contributed by atoms with Gasteiger partial charge in [-0.05, 0) is 17.7 Å². The van der Waals surface area contributed by atoms with Crippen molar-refractivity contribution < 1.29 is 19.7 Å². The fraction of sp³-hybridized carbons (Fsp3) is 0.182. The molecule has 1 atom stereocenters. The lowest BCUT2D eigenvalue weighted by Gasteiger charge is -2.13. The summed E-state index contributed by atoms with van der Waals surface area (Å²) in [4.78, 5) is 10.4. The van der Waals surface area contributed by atoms with Crippen LogP contribution in [0, 0.1) is 0 Å². The molecule has 1 rings (SSSR count). The van der Waals surface area contributed by atoms with Crippen LogP contribution in [0.4, 0.5) is 0 Å². The second kappa shape index (κ2) is 5.17. The van der Waals surface area contributed by atoms with E-state index >= 15 is 0 Å². The molecular weight excluding hydrogens is 196 g/mol. The molecule has 0 aliphatic carbocycles. The Bertz CT molecular complexity index is 371. The number of hydrogen-bond donors (Lipinski definition) is 1. The first-order chi connectivity index (χ1) is 7.22. The second-order valence-corrected chi connectivity index (χ2v) is 2.91. The maximum atomic E-state index is 10.4. The summed E-state index contributed by atoms with van der Waals surface area (Å²) in [6.07, 6.45) is -0.510. The van der Waals surface area contributed by atoms with Gasteiger partial charge in [-0.2, -0.15) is 0 Å². The van der Waals surface area contributed by atoms with Crippen LogP contribution in [-0.4, -0.2) is 18.5 Å². The van der Waals surface area contributed by atoms with Crippen LogP contribution in [0.15, 0.2) is 36.1 Å². The summed E-state index contributed by atoms with van der Waals surface area (Å²) in [6, 6.07) is 6.56. The van der Waals surface area contributed by atoms with Gasteiger partial charge in [-0.15, -0.1) is 6.26 Å². The maximum Gasteiger partial charge on any atom is 0.147 e. The summed E-state index contributed by atoms with van der Waals surface area (Å²) in [5.74, 6) is 0.558. The summed E-state index contributed by atoms with van der Waals surface area (Å²) >= 11 is 0. The monoisotopic (exact) mass is 207 g/mol. The molecule has 0 aliphatic rings. The van der Waals surface area contributed by atoms with Gasteiger partial charge in [-0.25, -0.2) is 0 Å². The van der Waals surface area contributed by atoms with Crippen molar-refractivity contribution in [3.63, 3.8) is 0 Å². The van der Waals surface area contributed by atoms with Gasteiger partial charge in [0.25, 0.3) is 0 Å². The van der Waals surface area contributed by atoms with Gasteiger partial charge in [0.2, 0.25) is 0 Å². The van der Waals surface area contributed by atoms with Crippen molar-refractivity contribution in [2.45, 2.75) is 6.10 Å². The molecule has 0 fully saturated rings. The fourth-order valence-corrected chi connectivity index (χ4v) is 1.16. The molecule has 0 radical (unpaired) electrons. The summed E-state index contributed by atoms with van der Waals surface area (Å²) < 4.78 is 4.95. The van der Waals surface area contributed by atoms with E-state index in [1.165, 1.54) is 7.11 Å². The highest BCUT2D eigenvalue weighted by molar-refractivity contribution is 5.74. The van der Waals surface area contributed by atoms with Gasteiger partial charge in [0.15, 0.2) is 0 Å². The number of ether oxygens (including phenoxy) is 1. The van der Waals surface area contributed by atoms with Crippen LogP contribution in [0.1, 0.15) is 11.7 Å². The third kappa shape index (κ3) is 2.57. The van der Waals surface area contributed by atoms with E-state index in [1.54, 1.807) is 24.3 Å². The van der Waals surface area contributed by atoms with Crippen molar-refractivity contribution in [3.05, 3.63) is 41.7 Å². The number of aliphatic hydroxyl groups is 1. The lowest BCUT2D eigenvalue weighted by Crippen LogP contribution is -2.06. The van der Waals surface area contributed by atoms with Gasteiger partial charge in [0.1, 0.15) is 18.1 Å². The molecule has 80 valence electrons. The Morgan fingerprint density at radius 1 is 1.60 bits per heavy atom. The van der Waals surface area contributed by atoms with Crippen molar-refractivity contribution in [2.24, 2.45) is 0 Å². The Kier molecular flexibility index (Phi) is 3.88. The predicted molar refractivity (Wildman–Crippen MR) is 52.1 cm³/mol. The highest BCUT2D eigenvalue weighted by Gasteiger charge is 2.11. The van der Waals surface area contributed by atoms with Gasteiger partial charge in [0, 0.05) is 5.57 Å². The molecule has 1 N–H and O–H groups in total. The molecule has 4 heteroatoms. The molecule has 0 heterocycles. The number of aldehydes is 1. The van der Waals surface area contributed by atoms with Gasteiger partial charge in [0.05, 0.1) is 7.11 Å². The minimum absolute atomic E-state index is 0.205. The van der Waals surface area contributed by atoms with E-state index in [0.29, 0.717) is 23.9 Å². The van der Waals surface area contributed by atoms with E-state index < -0.39 is 6.10 Å². The fourth-order valence-electron chi connectivity index (χ4n) is 1.16. The molecule has 0 saturated heterocycles. The first-order valence-electron chi connectivity index (χ1n) is 4.32. The Morgan fingerprint density at radius 3 is 2.87 bits per heavy atom. The number of carbonyl (C=O) groups excluding carboxylic acids is 1. The largest absolute Gasteiger partial charge is 0.878 e. The van der Waals surface area contributed by atoms with E-state index in [0.717, 1.165) is 0 Å². The number of carbonyl (C=O) groups is 1. The number of aliphatic hydroxyl groups excluding tert-OH is 1. The van der Waals surface area contributed by atoms with Crippen LogP contribution >= 0.6 is 0 Å². The minimum Gasteiger partial charge on any atom is -0.878 e. The normalized spacial score (nSPS) is 13.3. The third-order valence-corrected chi connectivity index (χ3v) is 2.00. The number of methoxy groups -OCH3 is 1. The summed E-state index contributed by atoms with van der Waals surface area (Å²) in [5.41, 5.74) is 0.242. The highest BCUT2D eigenvalue weighted by atomic mass is 16.5. The minimum atomic E-state index is -1.20. The van der Waals surface area contributed by atoms with Crippen LogP contribution in [0.5, 0.6) is 5.75 Å². The Balaban J connectivity index is 2.99. The molecule has 0 amide bonds. The Labute approximate surface area is 87.4 Å². The molecule has 0 saturated carbocycles. The molecule has 1 aromatic rings. The highest BCUT2D eigenvalue weighted by Crippen LogP contribution is 2.23. The van der Waals surface area contributed by atoms with Gasteiger partial charge in [-0.1, -0.05) is 12.1 Å². The van der Waals surface area contributed by atoms with Crippen LogP contribution in [-0.2, 0) is 4.79 Å². The quantitative estimate of drug-likeness (QED) is 0.434. The molecular formula is C11H11O4-. The lowest BCUT2D eigenvalue weighted by molar-refractivity contribution is -0.276. The zero-order valence-corrected chi connectivity index (χ0v) is 8.21. The molecule has 0 bridgehead atoms. The first kappa shape index (κ1) is 11.3. The summed E-state index contributed by atoms with van der Waals surface area (Å²) in [7, 11) is 1.50. The van der Waals surface area contributed by atoms with E-state index in [4.69, 9.17) is 4.74 Å². The first-order valence-corrected chi connectivity index (χ1v) is 4.32. The number of rotatable bonds is 4. The molecule has 4 nitrogen and oxygen atoms in total. The van der Waals surface area contributed by atoms with Crippen molar-refractivity contribution in [1.82, 2.24) is 0 Å². The van der Waals surface area contributed by atoms with Crippen LogP contribution in [0.3, 0.4) is 0 Å². The number of benzene rings is 1. The van der Waals surface area contributed by atoms with Crippen molar-refractivity contribution in [3.8, 4) is 5.75 Å². The summed E-state index contributed by atoms with van der Waals surface area (Å²) in [5, 5.41) is 20.1. The second-order valence-electron chi connectivity index (χ2n) is 2.91. The van der Waals surface area contributed by atoms with E-state index in [1.807, 2.05) is 0 Å². The molecule has 0 aromatic heterocycles. The van der Waals surface area contributed by atoms with E-state index in [9.17, 15) is 15.0 Å². The van der Waals surface area contributed by atoms with E-state index in [-0.39, 0.29) is 5.57 Å². The lowest BCUT2D eigenvalue weighted by atomic mass is 10.0. The van der Waals surface area contributed by atoms with Crippen molar-refractivity contribution >= 4 is 6.29 Å².